The van der Waals surface area contributed by atoms with E-state index in [1.807, 2.05) is 0 Å². The first kappa shape index (κ1) is 13.0. The monoisotopic (exact) mass is 238 g/mol. The normalized spacial score (nSPS) is 9.88. The zero-order valence-corrected chi connectivity index (χ0v) is 9.18. The maximum atomic E-state index is 10.6. The van der Waals surface area contributed by atoms with E-state index in [1.54, 1.807) is 12.1 Å². The van der Waals surface area contributed by atoms with Crippen LogP contribution < -0.4 is 15.8 Å². The van der Waals surface area contributed by atoms with Crippen LogP contribution in [0.2, 0.25) is 0 Å². The van der Waals surface area contributed by atoms with E-state index in [1.165, 1.54) is 12.1 Å². The summed E-state index contributed by atoms with van der Waals surface area (Å²) in [4.78, 5) is 21.0. The van der Waals surface area contributed by atoms with E-state index in [0.29, 0.717) is 18.9 Å². The van der Waals surface area contributed by atoms with E-state index in [9.17, 15) is 9.59 Å². The molecule has 0 radical (unpaired) electrons. The molecule has 0 saturated heterocycles. The molecule has 0 aliphatic rings. The number of ether oxygens (including phenoxy) is 1. The number of benzene rings is 1. The van der Waals surface area contributed by atoms with Gasteiger partial charge in [0.15, 0.2) is 0 Å². The van der Waals surface area contributed by atoms with Gasteiger partial charge in [-0.15, -0.1) is 0 Å². The molecule has 6 nitrogen and oxygen atoms in total. The fourth-order valence-electron chi connectivity index (χ4n) is 1.15. The summed E-state index contributed by atoms with van der Waals surface area (Å²) in [6.45, 7) is 0.977. The van der Waals surface area contributed by atoms with Gasteiger partial charge in [-0.3, -0.25) is 4.79 Å². The predicted molar refractivity (Wildman–Crippen MR) is 61.0 cm³/mol. The summed E-state index contributed by atoms with van der Waals surface area (Å²) in [7, 11) is 0. The van der Waals surface area contributed by atoms with Gasteiger partial charge in [0.1, 0.15) is 12.4 Å². The Kier molecular flexibility index (Phi) is 4.96. The van der Waals surface area contributed by atoms with E-state index in [-0.39, 0.29) is 12.1 Å². The smallest absolute Gasteiger partial charge is 0.335 e. The molecule has 0 saturated carbocycles. The van der Waals surface area contributed by atoms with Crippen LogP contribution in [0.4, 0.5) is 0 Å². The average Bonchev–Trinajstić information content (AvgIpc) is 2.29. The highest BCUT2D eigenvalue weighted by Gasteiger charge is 2.01. The first-order valence-electron chi connectivity index (χ1n) is 5.05. The van der Waals surface area contributed by atoms with Gasteiger partial charge < -0.3 is 20.9 Å². The fraction of sp³-hybridized carbons (Fsp3) is 0.273. The summed E-state index contributed by atoms with van der Waals surface area (Å²) in [6, 6.07) is 6.10. The van der Waals surface area contributed by atoms with E-state index >= 15 is 0 Å². The standard InChI is InChI=1S/C11H14N2O4/c12-10(14)7-13-5-6-17-9-3-1-8(2-4-9)11(15)16/h1-4,13H,5-7H2,(H2,12,14)(H,15,16). The largest absolute Gasteiger partial charge is 0.492 e. The topological polar surface area (TPSA) is 102 Å². The molecule has 1 rings (SSSR count). The van der Waals surface area contributed by atoms with Gasteiger partial charge in [0.25, 0.3) is 0 Å². The van der Waals surface area contributed by atoms with Crippen LogP contribution in [0.25, 0.3) is 0 Å². The lowest BCUT2D eigenvalue weighted by Crippen LogP contribution is -2.31. The van der Waals surface area contributed by atoms with Crippen LogP contribution in [0, 0.1) is 0 Å². The molecule has 0 unspecified atom stereocenters. The molecule has 1 amide bonds. The first-order valence-corrected chi connectivity index (χ1v) is 5.05. The minimum absolute atomic E-state index is 0.112. The van der Waals surface area contributed by atoms with Crippen molar-refractivity contribution in [2.75, 3.05) is 19.7 Å². The van der Waals surface area contributed by atoms with Crippen LogP contribution in [0.15, 0.2) is 24.3 Å². The average molecular weight is 238 g/mol. The Hall–Kier alpha value is -2.08. The molecule has 0 spiro atoms. The van der Waals surface area contributed by atoms with Gasteiger partial charge in [-0.1, -0.05) is 0 Å². The van der Waals surface area contributed by atoms with E-state index in [0.717, 1.165) is 0 Å². The molecule has 0 aromatic heterocycles. The number of primary amides is 1. The van der Waals surface area contributed by atoms with E-state index in [2.05, 4.69) is 5.32 Å². The molecule has 92 valence electrons. The summed E-state index contributed by atoms with van der Waals surface area (Å²) in [5.74, 6) is -0.814. The number of amides is 1. The molecule has 0 fully saturated rings. The molecule has 0 atom stereocenters. The Balaban J connectivity index is 2.27. The second-order valence-corrected chi connectivity index (χ2v) is 3.32. The Morgan fingerprint density at radius 3 is 2.47 bits per heavy atom. The van der Waals surface area contributed by atoms with E-state index < -0.39 is 11.9 Å². The molecule has 0 heterocycles. The summed E-state index contributed by atoms with van der Waals surface area (Å²) in [6.07, 6.45) is 0. The lowest BCUT2D eigenvalue weighted by atomic mass is 10.2. The van der Waals surface area contributed by atoms with Crippen LogP contribution >= 0.6 is 0 Å². The van der Waals surface area contributed by atoms with Crippen LogP contribution in [-0.4, -0.2) is 36.7 Å². The highest BCUT2D eigenvalue weighted by molar-refractivity contribution is 5.87. The lowest BCUT2D eigenvalue weighted by molar-refractivity contribution is -0.117. The molecular formula is C11H14N2O4. The van der Waals surface area contributed by atoms with Gasteiger partial charge in [-0.25, -0.2) is 4.79 Å². The maximum absolute atomic E-state index is 10.6. The summed E-state index contributed by atoms with van der Waals surface area (Å²) >= 11 is 0. The van der Waals surface area contributed by atoms with Crippen molar-refractivity contribution in [3.8, 4) is 5.75 Å². The van der Waals surface area contributed by atoms with Gasteiger partial charge in [0, 0.05) is 6.54 Å². The van der Waals surface area contributed by atoms with Crippen molar-refractivity contribution in [1.82, 2.24) is 5.32 Å². The quantitative estimate of drug-likeness (QED) is 0.573. The summed E-state index contributed by atoms with van der Waals surface area (Å²) < 4.78 is 5.31. The third kappa shape index (κ3) is 4.98. The Morgan fingerprint density at radius 2 is 1.94 bits per heavy atom. The van der Waals surface area contributed by atoms with Gasteiger partial charge in [0.2, 0.25) is 5.91 Å². The van der Waals surface area contributed by atoms with Crippen LogP contribution in [0.3, 0.4) is 0 Å². The lowest BCUT2D eigenvalue weighted by Gasteiger charge is -2.06. The highest BCUT2D eigenvalue weighted by atomic mass is 16.5. The number of carboxylic acids is 1. The van der Waals surface area contributed by atoms with Crippen molar-refractivity contribution in [3.05, 3.63) is 29.8 Å². The minimum Gasteiger partial charge on any atom is -0.492 e. The third-order valence-corrected chi connectivity index (χ3v) is 1.95. The van der Waals surface area contributed by atoms with Crippen molar-refractivity contribution in [2.24, 2.45) is 5.73 Å². The molecule has 0 bridgehead atoms. The molecule has 0 aliphatic heterocycles. The predicted octanol–water partition coefficient (Wildman–Crippen LogP) is -0.161. The van der Waals surface area contributed by atoms with Gasteiger partial charge in [0.05, 0.1) is 12.1 Å². The van der Waals surface area contributed by atoms with E-state index in [4.69, 9.17) is 15.6 Å². The molecular weight excluding hydrogens is 224 g/mol. The Labute approximate surface area is 98.4 Å². The molecule has 4 N–H and O–H groups in total. The van der Waals surface area contributed by atoms with Gasteiger partial charge in [-0.05, 0) is 24.3 Å². The van der Waals surface area contributed by atoms with Gasteiger partial charge in [-0.2, -0.15) is 0 Å². The van der Waals surface area contributed by atoms with Crippen molar-refractivity contribution >= 4 is 11.9 Å². The molecule has 6 heteroatoms. The number of nitrogens with two attached hydrogens (primary N) is 1. The van der Waals surface area contributed by atoms with Crippen molar-refractivity contribution < 1.29 is 19.4 Å². The summed E-state index contributed by atoms with van der Waals surface area (Å²) in [5.41, 5.74) is 5.15. The zero-order valence-electron chi connectivity index (χ0n) is 9.18. The van der Waals surface area contributed by atoms with Crippen LogP contribution in [0.1, 0.15) is 10.4 Å². The first-order chi connectivity index (χ1) is 8.09. The number of aromatic carboxylic acids is 1. The third-order valence-electron chi connectivity index (χ3n) is 1.95. The van der Waals surface area contributed by atoms with Gasteiger partial charge >= 0.3 is 5.97 Å². The highest BCUT2D eigenvalue weighted by Crippen LogP contribution is 2.11. The Bertz CT molecular complexity index is 389. The number of carboxylic acid groups (broad SMARTS) is 1. The van der Waals surface area contributed by atoms with Crippen LogP contribution in [-0.2, 0) is 4.79 Å². The number of nitrogens with one attached hydrogen (secondary N) is 1. The summed E-state index contributed by atoms with van der Waals surface area (Å²) in [5, 5.41) is 11.5. The molecule has 1 aromatic carbocycles. The fourth-order valence-corrected chi connectivity index (χ4v) is 1.15. The molecule has 0 aliphatic carbocycles. The maximum Gasteiger partial charge on any atom is 0.335 e. The van der Waals surface area contributed by atoms with Crippen molar-refractivity contribution in [2.45, 2.75) is 0 Å². The van der Waals surface area contributed by atoms with Crippen LogP contribution in [0.5, 0.6) is 5.75 Å². The zero-order chi connectivity index (χ0) is 12.7. The number of carbonyl (C=O) groups is 2. The molecule has 1 aromatic rings. The Morgan fingerprint density at radius 1 is 1.29 bits per heavy atom. The number of hydrogen-bond donors (Lipinski definition) is 3. The number of rotatable bonds is 7. The molecule has 17 heavy (non-hydrogen) atoms. The second-order valence-electron chi connectivity index (χ2n) is 3.32. The van der Waals surface area contributed by atoms with Crippen molar-refractivity contribution in [1.29, 1.82) is 0 Å². The second kappa shape index (κ2) is 6.49. The number of hydrogen-bond acceptors (Lipinski definition) is 4. The number of carbonyl (C=O) groups excluding carboxylic acids is 1. The van der Waals surface area contributed by atoms with Crippen molar-refractivity contribution in [3.63, 3.8) is 0 Å². The SMILES string of the molecule is NC(=O)CNCCOc1ccc(C(=O)O)cc1. The minimum atomic E-state index is -0.973.